The van der Waals surface area contributed by atoms with Gasteiger partial charge in [0.15, 0.2) is 5.69 Å². The van der Waals surface area contributed by atoms with Crippen LogP contribution in [-0.4, -0.2) is 57.6 Å². The van der Waals surface area contributed by atoms with E-state index in [4.69, 9.17) is 0 Å². The summed E-state index contributed by atoms with van der Waals surface area (Å²) in [5.74, 6) is 0.0526. The van der Waals surface area contributed by atoms with Crippen LogP contribution < -0.4 is 0 Å². The Kier molecular flexibility index (Phi) is 5.99. The second-order valence-electron chi connectivity index (χ2n) is 7.98. The lowest BCUT2D eigenvalue weighted by molar-refractivity contribution is 0.0363. The Labute approximate surface area is 139 Å². The van der Waals surface area contributed by atoms with E-state index in [-0.39, 0.29) is 37.1 Å². The molecule has 0 saturated heterocycles. The lowest BCUT2D eigenvalue weighted by Gasteiger charge is -2.30. The lowest BCUT2D eigenvalue weighted by atomic mass is 9.92. The quantitative estimate of drug-likeness (QED) is 0.836. The summed E-state index contributed by atoms with van der Waals surface area (Å²) < 4.78 is 1.90. The molecule has 23 heavy (non-hydrogen) atoms. The minimum absolute atomic E-state index is 0.186. The van der Waals surface area contributed by atoms with Crippen LogP contribution in [0.4, 0.5) is 0 Å². The van der Waals surface area contributed by atoms with Gasteiger partial charge in [0.2, 0.25) is 0 Å². The van der Waals surface area contributed by atoms with Gasteiger partial charge in [-0.25, -0.2) is 0 Å². The number of nitrogens with zero attached hydrogens (tertiary/aromatic N) is 3. The van der Waals surface area contributed by atoms with Crippen LogP contribution in [0, 0.1) is 5.41 Å². The zero-order valence-electron chi connectivity index (χ0n) is 15.4. The monoisotopic (exact) mass is 325 g/mol. The maximum absolute atomic E-state index is 12.7. The summed E-state index contributed by atoms with van der Waals surface area (Å²) in [6.07, 6.45) is 0. The molecule has 2 N–H and O–H groups in total. The first-order valence-electron chi connectivity index (χ1n) is 8.03. The van der Waals surface area contributed by atoms with Gasteiger partial charge in [-0.3, -0.25) is 9.48 Å². The molecular weight excluding hydrogens is 294 g/mol. The third-order valence-corrected chi connectivity index (χ3v) is 3.91. The van der Waals surface area contributed by atoms with Crippen LogP contribution in [0.1, 0.15) is 63.6 Å². The number of aromatic nitrogens is 2. The topological polar surface area (TPSA) is 78.6 Å². The fourth-order valence-electron chi connectivity index (χ4n) is 2.44. The number of carbonyl (C=O) groups excluding carboxylic acids is 1. The SMILES string of the molecule is CC(C)c1cc(C(=O)N(C)CC(C)(CO)CO)nn1C(C)(C)C. The number of aliphatic hydroxyl groups excluding tert-OH is 2. The molecule has 0 atom stereocenters. The zero-order valence-corrected chi connectivity index (χ0v) is 15.4. The number of amides is 1. The smallest absolute Gasteiger partial charge is 0.274 e. The van der Waals surface area contributed by atoms with Gasteiger partial charge in [0.25, 0.3) is 5.91 Å². The molecule has 1 aromatic heterocycles. The number of carbonyl (C=O) groups is 1. The molecule has 1 heterocycles. The van der Waals surface area contributed by atoms with Crippen molar-refractivity contribution in [3.05, 3.63) is 17.5 Å². The molecule has 6 heteroatoms. The number of rotatable bonds is 6. The van der Waals surface area contributed by atoms with E-state index >= 15 is 0 Å². The summed E-state index contributed by atoms with van der Waals surface area (Å²) >= 11 is 0. The molecule has 0 aliphatic rings. The Balaban J connectivity index is 3.09. The number of hydrogen-bond donors (Lipinski definition) is 2. The largest absolute Gasteiger partial charge is 0.396 e. The van der Waals surface area contributed by atoms with Gasteiger partial charge in [-0.15, -0.1) is 0 Å². The van der Waals surface area contributed by atoms with E-state index in [1.807, 2.05) is 10.7 Å². The van der Waals surface area contributed by atoms with Crippen molar-refractivity contribution >= 4 is 5.91 Å². The van der Waals surface area contributed by atoms with Gasteiger partial charge in [-0.1, -0.05) is 20.8 Å². The molecule has 1 aromatic rings. The van der Waals surface area contributed by atoms with E-state index in [1.54, 1.807) is 14.0 Å². The fraction of sp³-hybridized carbons (Fsp3) is 0.765. The fourth-order valence-corrected chi connectivity index (χ4v) is 2.44. The Morgan fingerprint density at radius 1 is 1.26 bits per heavy atom. The van der Waals surface area contributed by atoms with Crippen molar-refractivity contribution in [2.75, 3.05) is 26.8 Å². The third-order valence-electron chi connectivity index (χ3n) is 3.91. The van der Waals surface area contributed by atoms with Crippen LogP contribution >= 0.6 is 0 Å². The maximum Gasteiger partial charge on any atom is 0.274 e. The third kappa shape index (κ3) is 4.54. The van der Waals surface area contributed by atoms with Crippen LogP contribution in [0.2, 0.25) is 0 Å². The van der Waals surface area contributed by atoms with Gasteiger partial charge < -0.3 is 15.1 Å². The highest BCUT2D eigenvalue weighted by Crippen LogP contribution is 2.24. The molecule has 0 bridgehead atoms. The maximum atomic E-state index is 12.7. The molecule has 0 fully saturated rings. The van der Waals surface area contributed by atoms with Crippen LogP contribution in [0.3, 0.4) is 0 Å². The summed E-state index contributed by atoms with van der Waals surface area (Å²) in [5, 5.41) is 23.3. The summed E-state index contributed by atoms with van der Waals surface area (Å²) in [7, 11) is 1.66. The van der Waals surface area contributed by atoms with Crippen LogP contribution in [0.15, 0.2) is 6.07 Å². The summed E-state index contributed by atoms with van der Waals surface area (Å²) in [5.41, 5.74) is 0.477. The van der Waals surface area contributed by atoms with E-state index < -0.39 is 5.41 Å². The van der Waals surface area contributed by atoms with Gasteiger partial charge in [0, 0.05) is 24.7 Å². The molecule has 0 aromatic carbocycles. The van der Waals surface area contributed by atoms with Crippen LogP contribution in [-0.2, 0) is 5.54 Å². The highest BCUT2D eigenvalue weighted by molar-refractivity contribution is 5.92. The van der Waals surface area contributed by atoms with Gasteiger partial charge in [-0.2, -0.15) is 5.10 Å². The molecule has 0 saturated carbocycles. The Morgan fingerprint density at radius 3 is 2.13 bits per heavy atom. The van der Waals surface area contributed by atoms with Gasteiger partial charge in [0.05, 0.1) is 18.8 Å². The van der Waals surface area contributed by atoms with Crippen molar-refractivity contribution in [1.82, 2.24) is 14.7 Å². The first-order valence-corrected chi connectivity index (χ1v) is 8.03. The Bertz CT molecular complexity index is 540. The van der Waals surface area contributed by atoms with E-state index in [9.17, 15) is 15.0 Å². The number of aliphatic hydroxyl groups is 2. The van der Waals surface area contributed by atoms with Crippen LogP contribution in [0.25, 0.3) is 0 Å². The van der Waals surface area contributed by atoms with Gasteiger partial charge in [-0.05, 0) is 32.8 Å². The van der Waals surface area contributed by atoms with Crippen LogP contribution in [0.5, 0.6) is 0 Å². The minimum atomic E-state index is -0.724. The average Bonchev–Trinajstić information content (AvgIpc) is 2.91. The average molecular weight is 325 g/mol. The second kappa shape index (κ2) is 7.01. The summed E-state index contributed by atoms with van der Waals surface area (Å²) in [6, 6.07) is 1.84. The normalized spacial score (nSPS) is 12.8. The van der Waals surface area contributed by atoms with E-state index in [1.165, 1.54) is 4.90 Å². The molecule has 0 unspecified atom stereocenters. The molecule has 0 aliphatic heterocycles. The van der Waals surface area contributed by atoms with Gasteiger partial charge >= 0.3 is 0 Å². The highest BCUT2D eigenvalue weighted by Gasteiger charge is 2.29. The molecule has 6 nitrogen and oxygen atoms in total. The summed E-state index contributed by atoms with van der Waals surface area (Å²) in [4.78, 5) is 14.2. The highest BCUT2D eigenvalue weighted by atomic mass is 16.3. The molecule has 1 amide bonds. The standard InChI is InChI=1S/C17H31N3O3/c1-12(2)14-8-13(18-20(14)16(3,4)5)15(23)19(7)9-17(6,10-21)11-22/h8,12,21-22H,9-11H2,1-7H3. The van der Waals surface area contributed by atoms with Crippen molar-refractivity contribution in [3.8, 4) is 0 Å². The number of hydrogen-bond acceptors (Lipinski definition) is 4. The van der Waals surface area contributed by atoms with E-state index in [0.29, 0.717) is 5.69 Å². The summed E-state index contributed by atoms with van der Waals surface area (Å²) in [6.45, 7) is 11.9. The van der Waals surface area contributed by atoms with Crippen molar-refractivity contribution in [3.63, 3.8) is 0 Å². The first-order chi connectivity index (χ1) is 10.4. The van der Waals surface area contributed by atoms with Gasteiger partial charge in [0.1, 0.15) is 0 Å². The Morgan fingerprint density at radius 2 is 1.78 bits per heavy atom. The van der Waals surface area contributed by atoms with Crippen molar-refractivity contribution in [2.24, 2.45) is 5.41 Å². The van der Waals surface area contributed by atoms with E-state index in [0.717, 1.165) is 5.69 Å². The molecule has 1 rings (SSSR count). The molecular formula is C17H31N3O3. The second-order valence-corrected chi connectivity index (χ2v) is 7.98. The zero-order chi connectivity index (χ0) is 18.0. The van der Waals surface area contributed by atoms with Crippen molar-refractivity contribution in [1.29, 1.82) is 0 Å². The molecule has 0 radical (unpaired) electrons. The minimum Gasteiger partial charge on any atom is -0.396 e. The first kappa shape index (κ1) is 19.6. The Hall–Kier alpha value is -1.40. The van der Waals surface area contributed by atoms with Crippen molar-refractivity contribution < 1.29 is 15.0 Å². The van der Waals surface area contributed by atoms with Crippen molar-refractivity contribution in [2.45, 2.75) is 53.0 Å². The lowest BCUT2D eigenvalue weighted by Crippen LogP contribution is -2.41. The molecule has 0 spiro atoms. The van der Waals surface area contributed by atoms with E-state index in [2.05, 4.69) is 39.7 Å². The molecule has 0 aliphatic carbocycles. The predicted molar refractivity (Wildman–Crippen MR) is 90.6 cm³/mol. The molecule has 132 valence electrons. The predicted octanol–water partition coefficient (Wildman–Crippen LogP) is 1.82.